The number of hydrogen-bond donors (Lipinski definition) is 1. The molecule has 4 nitrogen and oxygen atoms in total. The summed E-state index contributed by atoms with van der Waals surface area (Å²) in [4.78, 5) is 23.7. The molecule has 0 saturated heterocycles. The molecular weight excluding hydrogens is 280 g/mol. The zero-order valence-corrected chi connectivity index (χ0v) is 12.7. The van der Waals surface area contributed by atoms with Crippen LogP contribution in [0.4, 0.5) is 0 Å². The average molecular weight is 299 g/mol. The predicted octanol–water partition coefficient (Wildman–Crippen LogP) is 3.24. The number of esters is 1. The van der Waals surface area contributed by atoms with E-state index in [4.69, 9.17) is 16.3 Å². The summed E-state index contributed by atoms with van der Waals surface area (Å²) in [5.74, 6) is -1.90. The molecule has 5 heteroatoms. The Kier molecular flexibility index (Phi) is 5.57. The standard InChI is InChI=1S/C15H19ClO4/c1-4-15(13(17)18,14(19)20-5-2)9-11-7-6-10(3)8-12(11)16/h6-8H,4-5,9H2,1-3H3,(H,17,18). The molecule has 1 atom stereocenters. The summed E-state index contributed by atoms with van der Waals surface area (Å²) in [7, 11) is 0. The van der Waals surface area contributed by atoms with Crippen LogP contribution in [0.1, 0.15) is 31.4 Å². The molecule has 0 heterocycles. The fourth-order valence-corrected chi connectivity index (χ4v) is 2.35. The predicted molar refractivity (Wildman–Crippen MR) is 76.9 cm³/mol. The molecule has 1 N–H and O–H groups in total. The van der Waals surface area contributed by atoms with E-state index in [0.29, 0.717) is 10.6 Å². The first-order valence-corrected chi connectivity index (χ1v) is 6.90. The monoisotopic (exact) mass is 298 g/mol. The molecule has 0 saturated carbocycles. The molecule has 1 unspecified atom stereocenters. The van der Waals surface area contributed by atoms with E-state index in [0.717, 1.165) is 5.56 Å². The van der Waals surface area contributed by atoms with Crippen molar-refractivity contribution in [2.45, 2.75) is 33.6 Å². The van der Waals surface area contributed by atoms with Crippen molar-refractivity contribution >= 4 is 23.5 Å². The van der Waals surface area contributed by atoms with Crippen LogP contribution in [0, 0.1) is 12.3 Å². The highest BCUT2D eigenvalue weighted by atomic mass is 35.5. The Bertz CT molecular complexity index is 513. The fraction of sp³-hybridized carbons (Fsp3) is 0.467. The molecule has 1 aromatic rings. The summed E-state index contributed by atoms with van der Waals surface area (Å²) in [6.45, 7) is 5.35. The maximum atomic E-state index is 12.1. The Balaban J connectivity index is 3.18. The van der Waals surface area contributed by atoms with Crippen molar-refractivity contribution in [2.24, 2.45) is 5.41 Å². The molecule has 110 valence electrons. The Morgan fingerprint density at radius 2 is 2.00 bits per heavy atom. The zero-order valence-electron chi connectivity index (χ0n) is 11.9. The smallest absolute Gasteiger partial charge is 0.323 e. The topological polar surface area (TPSA) is 63.6 Å². The quantitative estimate of drug-likeness (QED) is 0.647. The third kappa shape index (κ3) is 3.31. The van der Waals surface area contributed by atoms with Crippen LogP contribution in [-0.4, -0.2) is 23.7 Å². The second kappa shape index (κ2) is 6.75. The van der Waals surface area contributed by atoms with Crippen molar-refractivity contribution in [1.82, 2.24) is 0 Å². The van der Waals surface area contributed by atoms with Gasteiger partial charge in [0.25, 0.3) is 0 Å². The van der Waals surface area contributed by atoms with Crippen LogP contribution >= 0.6 is 11.6 Å². The van der Waals surface area contributed by atoms with Crippen LogP contribution in [-0.2, 0) is 20.7 Å². The van der Waals surface area contributed by atoms with E-state index in [2.05, 4.69) is 0 Å². The van der Waals surface area contributed by atoms with Gasteiger partial charge in [0.2, 0.25) is 0 Å². The lowest BCUT2D eigenvalue weighted by Gasteiger charge is -2.26. The van der Waals surface area contributed by atoms with Gasteiger partial charge in [0.05, 0.1) is 6.61 Å². The van der Waals surface area contributed by atoms with Gasteiger partial charge in [-0.3, -0.25) is 9.59 Å². The van der Waals surface area contributed by atoms with Crippen LogP contribution in [0.15, 0.2) is 18.2 Å². The second-order valence-electron chi connectivity index (χ2n) is 4.73. The number of carbonyl (C=O) groups excluding carboxylic acids is 1. The first kappa shape index (κ1) is 16.5. The first-order valence-electron chi connectivity index (χ1n) is 6.53. The molecule has 0 amide bonds. The number of carbonyl (C=O) groups is 2. The Morgan fingerprint density at radius 3 is 2.45 bits per heavy atom. The molecule has 1 aromatic carbocycles. The minimum absolute atomic E-state index is 0.0246. The molecule has 0 fully saturated rings. The van der Waals surface area contributed by atoms with E-state index >= 15 is 0 Å². The summed E-state index contributed by atoms with van der Waals surface area (Å²) in [5, 5.41) is 9.95. The Labute approximate surface area is 123 Å². The Morgan fingerprint density at radius 1 is 1.35 bits per heavy atom. The van der Waals surface area contributed by atoms with E-state index in [1.165, 1.54) is 0 Å². The van der Waals surface area contributed by atoms with Gasteiger partial charge in [-0.1, -0.05) is 30.7 Å². The lowest BCUT2D eigenvalue weighted by atomic mass is 9.79. The summed E-state index contributed by atoms with van der Waals surface area (Å²) in [5.41, 5.74) is 0.0245. The minimum atomic E-state index is -1.59. The van der Waals surface area contributed by atoms with Crippen molar-refractivity contribution in [3.63, 3.8) is 0 Å². The maximum Gasteiger partial charge on any atom is 0.323 e. The zero-order chi connectivity index (χ0) is 15.3. The number of halogens is 1. The molecule has 0 aliphatic carbocycles. The molecule has 20 heavy (non-hydrogen) atoms. The number of rotatable bonds is 6. The molecule has 0 aliphatic rings. The van der Waals surface area contributed by atoms with Crippen molar-refractivity contribution in [2.75, 3.05) is 6.61 Å². The van der Waals surface area contributed by atoms with Gasteiger partial charge in [0.1, 0.15) is 0 Å². The lowest BCUT2D eigenvalue weighted by molar-refractivity contribution is -0.168. The van der Waals surface area contributed by atoms with Gasteiger partial charge in [-0.05, 0) is 37.5 Å². The third-order valence-electron chi connectivity index (χ3n) is 3.38. The number of carboxylic acid groups (broad SMARTS) is 1. The van der Waals surface area contributed by atoms with Gasteiger partial charge < -0.3 is 9.84 Å². The van der Waals surface area contributed by atoms with Crippen molar-refractivity contribution in [3.8, 4) is 0 Å². The first-order chi connectivity index (χ1) is 9.37. The van der Waals surface area contributed by atoms with E-state index in [1.54, 1.807) is 26.0 Å². The van der Waals surface area contributed by atoms with Crippen molar-refractivity contribution in [1.29, 1.82) is 0 Å². The minimum Gasteiger partial charge on any atom is -0.480 e. The van der Waals surface area contributed by atoms with Crippen LogP contribution in [0.5, 0.6) is 0 Å². The molecule has 0 bridgehead atoms. The van der Waals surface area contributed by atoms with Crippen LogP contribution in [0.2, 0.25) is 5.02 Å². The number of aryl methyl sites for hydroxylation is 1. The van der Waals surface area contributed by atoms with Crippen molar-refractivity contribution in [3.05, 3.63) is 34.3 Å². The molecule has 0 spiro atoms. The van der Waals surface area contributed by atoms with Gasteiger partial charge in [-0.25, -0.2) is 0 Å². The molecule has 0 radical (unpaired) electrons. The maximum absolute atomic E-state index is 12.1. The number of benzene rings is 1. The van der Waals surface area contributed by atoms with Crippen LogP contribution in [0.3, 0.4) is 0 Å². The highest BCUT2D eigenvalue weighted by molar-refractivity contribution is 6.31. The van der Waals surface area contributed by atoms with Gasteiger partial charge in [-0.2, -0.15) is 0 Å². The third-order valence-corrected chi connectivity index (χ3v) is 3.73. The molecular formula is C15H19ClO4. The number of aliphatic carboxylic acids is 1. The van der Waals surface area contributed by atoms with Gasteiger partial charge in [0.15, 0.2) is 5.41 Å². The SMILES string of the molecule is CCOC(=O)C(CC)(Cc1ccc(C)cc1Cl)C(=O)O. The summed E-state index contributed by atoms with van der Waals surface area (Å²) >= 11 is 6.13. The highest BCUT2D eigenvalue weighted by Crippen LogP contribution is 2.32. The van der Waals surface area contributed by atoms with Crippen molar-refractivity contribution < 1.29 is 19.4 Å². The number of ether oxygens (including phenoxy) is 1. The Hall–Kier alpha value is -1.55. The fourth-order valence-electron chi connectivity index (χ4n) is 2.05. The normalized spacial score (nSPS) is 13.6. The van der Waals surface area contributed by atoms with E-state index < -0.39 is 17.4 Å². The highest BCUT2D eigenvalue weighted by Gasteiger charge is 2.46. The average Bonchev–Trinajstić information content (AvgIpc) is 2.38. The summed E-state index contributed by atoms with van der Waals surface area (Å²) in [6, 6.07) is 5.35. The van der Waals surface area contributed by atoms with E-state index in [9.17, 15) is 14.7 Å². The van der Waals surface area contributed by atoms with E-state index in [-0.39, 0.29) is 19.4 Å². The van der Waals surface area contributed by atoms with Crippen LogP contribution in [0.25, 0.3) is 0 Å². The summed E-state index contributed by atoms with van der Waals surface area (Å²) in [6.07, 6.45) is 0.169. The number of carboxylic acids is 1. The molecule has 0 aromatic heterocycles. The molecule has 0 aliphatic heterocycles. The molecule has 1 rings (SSSR count). The van der Waals surface area contributed by atoms with Gasteiger partial charge >= 0.3 is 11.9 Å². The summed E-state index contributed by atoms with van der Waals surface area (Å²) < 4.78 is 4.93. The largest absolute Gasteiger partial charge is 0.480 e. The number of hydrogen-bond acceptors (Lipinski definition) is 3. The lowest BCUT2D eigenvalue weighted by Crippen LogP contribution is -2.42. The van der Waals surface area contributed by atoms with Gasteiger partial charge in [-0.15, -0.1) is 0 Å². The van der Waals surface area contributed by atoms with Crippen LogP contribution < -0.4 is 0 Å². The van der Waals surface area contributed by atoms with Gasteiger partial charge in [0, 0.05) is 11.4 Å². The van der Waals surface area contributed by atoms with E-state index in [1.807, 2.05) is 13.0 Å². The second-order valence-corrected chi connectivity index (χ2v) is 5.14.